The summed E-state index contributed by atoms with van der Waals surface area (Å²) in [5, 5.41) is -0.244. The Morgan fingerprint density at radius 1 is 1.10 bits per heavy atom. The minimum absolute atomic E-state index is 0.244. The summed E-state index contributed by atoms with van der Waals surface area (Å²) >= 11 is 0. The molecular formula is C24H31NO3S. The number of benzene rings is 2. The Kier molecular flexibility index (Phi) is 8.16. The largest absolute Gasteiger partial charge is 0.385 e. The normalized spacial score (nSPS) is 18.1. The zero-order valence-corrected chi connectivity index (χ0v) is 18.2. The molecule has 156 valence electrons. The van der Waals surface area contributed by atoms with Crippen molar-refractivity contribution in [3.8, 4) is 11.1 Å². The Hall–Kier alpha value is -1.82. The molecule has 1 fully saturated rings. The second-order valence-corrected chi connectivity index (χ2v) is 9.20. The number of hydrogen-bond acceptors (Lipinski definition) is 4. The van der Waals surface area contributed by atoms with Crippen LogP contribution >= 0.6 is 0 Å². The fourth-order valence-corrected chi connectivity index (χ4v) is 4.79. The van der Waals surface area contributed by atoms with E-state index < -0.39 is 10.8 Å². The van der Waals surface area contributed by atoms with Crippen molar-refractivity contribution in [2.75, 3.05) is 26.8 Å². The fourth-order valence-electron chi connectivity index (χ4n) is 3.82. The first-order valence-electron chi connectivity index (χ1n) is 10.5. The van der Waals surface area contributed by atoms with Crippen molar-refractivity contribution in [3.63, 3.8) is 0 Å². The quantitative estimate of drug-likeness (QED) is 0.570. The first kappa shape index (κ1) is 21.9. The van der Waals surface area contributed by atoms with E-state index >= 15 is 0 Å². The number of ether oxygens (including phenoxy) is 1. The average Bonchev–Trinajstić information content (AvgIpc) is 3.17. The summed E-state index contributed by atoms with van der Waals surface area (Å²) in [7, 11) is -0.00826. The number of carbonyl (C=O) groups is 1. The lowest BCUT2D eigenvalue weighted by Crippen LogP contribution is -2.28. The summed E-state index contributed by atoms with van der Waals surface area (Å²) < 4.78 is 17.3. The Bertz CT molecular complexity index is 817. The number of likely N-dealkylation sites (tertiary alicyclic amines) is 1. The lowest BCUT2D eigenvalue weighted by molar-refractivity contribution is -0.111. The molecular weight excluding hydrogens is 382 g/mol. The van der Waals surface area contributed by atoms with Gasteiger partial charge in [0, 0.05) is 37.6 Å². The Labute approximate surface area is 176 Å². The van der Waals surface area contributed by atoms with Crippen molar-refractivity contribution in [2.45, 2.75) is 50.0 Å². The summed E-state index contributed by atoms with van der Waals surface area (Å²) in [6.07, 6.45) is 4.59. The van der Waals surface area contributed by atoms with Gasteiger partial charge in [-0.1, -0.05) is 36.4 Å². The van der Waals surface area contributed by atoms with Crippen LogP contribution in [0, 0.1) is 0 Å². The van der Waals surface area contributed by atoms with Gasteiger partial charge in [0.05, 0.1) is 0 Å². The van der Waals surface area contributed by atoms with Gasteiger partial charge in [0.25, 0.3) is 0 Å². The van der Waals surface area contributed by atoms with E-state index in [1.54, 1.807) is 19.2 Å². The second-order valence-electron chi connectivity index (χ2n) is 7.74. The van der Waals surface area contributed by atoms with Gasteiger partial charge in [0.2, 0.25) is 5.12 Å². The van der Waals surface area contributed by atoms with Crippen molar-refractivity contribution in [3.05, 3.63) is 54.1 Å². The van der Waals surface area contributed by atoms with E-state index in [0.29, 0.717) is 24.0 Å². The summed E-state index contributed by atoms with van der Waals surface area (Å²) in [6.45, 7) is 5.18. The maximum Gasteiger partial charge on any atom is 0.223 e. The number of rotatable bonds is 9. The molecule has 5 heteroatoms. The van der Waals surface area contributed by atoms with Gasteiger partial charge >= 0.3 is 0 Å². The van der Waals surface area contributed by atoms with E-state index in [0.717, 1.165) is 24.1 Å². The number of hydrogen-bond donors (Lipinski definition) is 0. The standard InChI is InChI=1S/C24H31NO3S/c1-19-5-3-16-25(19)17-15-20-7-9-21(10-8-20)22-11-13-23(14-12-22)29(27)24(26)6-4-18-28-2/h7-14,19H,3-6,15-18H2,1-2H3/t19-,29?/m1/s1. The molecule has 4 nitrogen and oxygen atoms in total. The molecule has 0 amide bonds. The van der Waals surface area contributed by atoms with E-state index in [-0.39, 0.29) is 11.5 Å². The van der Waals surface area contributed by atoms with Crippen LogP contribution in [0.3, 0.4) is 0 Å². The van der Waals surface area contributed by atoms with Crippen molar-refractivity contribution in [2.24, 2.45) is 0 Å². The van der Waals surface area contributed by atoms with Gasteiger partial charge in [-0.3, -0.25) is 4.79 Å². The molecule has 1 aliphatic rings. The highest BCUT2D eigenvalue weighted by atomic mass is 32.2. The van der Waals surface area contributed by atoms with E-state index in [1.165, 1.54) is 24.9 Å². The van der Waals surface area contributed by atoms with E-state index in [4.69, 9.17) is 4.74 Å². The third kappa shape index (κ3) is 6.08. The third-order valence-electron chi connectivity index (χ3n) is 5.67. The first-order chi connectivity index (χ1) is 14.1. The topological polar surface area (TPSA) is 46.6 Å². The van der Waals surface area contributed by atoms with Crippen LogP contribution in [0.2, 0.25) is 0 Å². The third-order valence-corrected chi connectivity index (χ3v) is 6.99. The molecule has 1 unspecified atom stereocenters. The molecule has 0 saturated carbocycles. The minimum atomic E-state index is -1.61. The molecule has 2 aromatic rings. The number of methoxy groups -OCH3 is 1. The molecule has 0 N–H and O–H groups in total. The smallest absolute Gasteiger partial charge is 0.223 e. The lowest BCUT2D eigenvalue weighted by atomic mass is 10.0. The van der Waals surface area contributed by atoms with E-state index in [9.17, 15) is 9.00 Å². The lowest BCUT2D eigenvalue weighted by Gasteiger charge is -2.20. The zero-order valence-electron chi connectivity index (χ0n) is 17.4. The van der Waals surface area contributed by atoms with Gasteiger partial charge in [-0.15, -0.1) is 0 Å². The summed E-state index contributed by atoms with van der Waals surface area (Å²) in [4.78, 5) is 15.2. The molecule has 1 aliphatic heterocycles. The molecule has 3 rings (SSSR count). The van der Waals surface area contributed by atoms with Gasteiger partial charge in [-0.2, -0.15) is 0 Å². The Morgan fingerprint density at radius 2 is 1.76 bits per heavy atom. The zero-order chi connectivity index (χ0) is 20.6. The Balaban J connectivity index is 1.56. The SMILES string of the molecule is COCCCC(=O)S(=O)c1ccc(-c2ccc(CCN3CCC[C@H]3C)cc2)cc1. The van der Waals surface area contributed by atoms with Crippen LogP contribution in [0.25, 0.3) is 11.1 Å². The molecule has 0 spiro atoms. The van der Waals surface area contributed by atoms with Crippen LogP contribution in [-0.2, 0) is 26.8 Å². The highest BCUT2D eigenvalue weighted by Gasteiger charge is 2.19. The van der Waals surface area contributed by atoms with Crippen molar-refractivity contribution < 1.29 is 13.7 Å². The highest BCUT2D eigenvalue weighted by Crippen LogP contribution is 2.23. The van der Waals surface area contributed by atoms with Crippen molar-refractivity contribution in [1.29, 1.82) is 0 Å². The van der Waals surface area contributed by atoms with Crippen LogP contribution in [-0.4, -0.2) is 47.1 Å². The monoisotopic (exact) mass is 413 g/mol. The van der Waals surface area contributed by atoms with Gasteiger partial charge in [0.15, 0.2) is 0 Å². The predicted molar refractivity (Wildman–Crippen MR) is 118 cm³/mol. The highest BCUT2D eigenvalue weighted by molar-refractivity contribution is 8.00. The number of nitrogens with zero attached hydrogens (tertiary/aromatic N) is 1. The molecule has 29 heavy (non-hydrogen) atoms. The summed E-state index contributed by atoms with van der Waals surface area (Å²) in [5.41, 5.74) is 3.55. The molecule has 0 aromatic heterocycles. The number of carbonyl (C=O) groups excluding carboxylic acids is 1. The van der Waals surface area contributed by atoms with Gasteiger partial charge < -0.3 is 9.64 Å². The minimum Gasteiger partial charge on any atom is -0.385 e. The predicted octanol–water partition coefficient (Wildman–Crippen LogP) is 4.44. The fraction of sp³-hybridized carbons (Fsp3) is 0.458. The molecule has 0 radical (unpaired) electrons. The van der Waals surface area contributed by atoms with Crippen LogP contribution in [0.4, 0.5) is 0 Å². The summed E-state index contributed by atoms with van der Waals surface area (Å²) in [6, 6.07) is 16.9. The van der Waals surface area contributed by atoms with Crippen LogP contribution in [0.5, 0.6) is 0 Å². The Morgan fingerprint density at radius 3 is 2.34 bits per heavy atom. The van der Waals surface area contributed by atoms with Crippen LogP contribution in [0.1, 0.15) is 38.2 Å². The molecule has 0 aliphatic carbocycles. The summed E-state index contributed by atoms with van der Waals surface area (Å²) in [5.74, 6) is 0. The van der Waals surface area contributed by atoms with E-state index in [2.05, 4.69) is 36.1 Å². The van der Waals surface area contributed by atoms with Gasteiger partial charge in [0.1, 0.15) is 10.8 Å². The second kappa shape index (κ2) is 10.8. The molecule has 2 atom stereocenters. The maximum atomic E-state index is 12.4. The van der Waals surface area contributed by atoms with Gasteiger partial charge in [-0.25, -0.2) is 4.21 Å². The molecule has 1 saturated heterocycles. The van der Waals surface area contributed by atoms with Crippen LogP contribution < -0.4 is 0 Å². The van der Waals surface area contributed by atoms with Crippen molar-refractivity contribution in [1.82, 2.24) is 4.90 Å². The first-order valence-corrected chi connectivity index (χ1v) is 11.6. The molecule has 0 bridgehead atoms. The average molecular weight is 414 g/mol. The van der Waals surface area contributed by atoms with Crippen LogP contribution in [0.15, 0.2) is 53.4 Å². The molecule has 1 heterocycles. The maximum absolute atomic E-state index is 12.4. The van der Waals surface area contributed by atoms with E-state index in [1.807, 2.05) is 12.1 Å². The van der Waals surface area contributed by atoms with Gasteiger partial charge in [-0.05, 0) is 68.0 Å². The molecule has 2 aromatic carbocycles. The van der Waals surface area contributed by atoms with Crippen molar-refractivity contribution >= 4 is 15.9 Å².